The number of carbonyl (C=O) groups is 2. The minimum Gasteiger partial charge on any atom is -0.376 e. The number of rotatable bonds is 9. The first-order chi connectivity index (χ1) is 16.1. The Morgan fingerprint density at radius 1 is 1.18 bits per heavy atom. The van der Waals surface area contributed by atoms with Gasteiger partial charge < -0.3 is 20.7 Å². The fourth-order valence-corrected chi connectivity index (χ4v) is 4.43. The average molecular weight is 465 g/mol. The van der Waals surface area contributed by atoms with Gasteiger partial charge in [0.15, 0.2) is 5.13 Å². The monoisotopic (exact) mass is 464 g/mol. The molecule has 2 heterocycles. The van der Waals surface area contributed by atoms with Crippen LogP contribution in [-0.4, -0.2) is 42.1 Å². The van der Waals surface area contributed by atoms with Crippen LogP contribution in [0.3, 0.4) is 0 Å². The number of aromatic nitrogens is 1. The number of benzene rings is 2. The lowest BCUT2D eigenvalue weighted by molar-refractivity contribution is -0.123. The standard InChI is InChI=1S/C25H28N4O3S/c1-17-7-5-10-19(13-17)27-25-29-22(16-33-25)24(31)28-21(14-18-8-3-2-4-9-18)23(30)26-15-20-11-6-12-32-20/h2-5,7-10,13,16,20-21H,6,11-12,14-15H2,1H3,(H,26,30)(H,27,29)(H,28,31). The highest BCUT2D eigenvalue weighted by molar-refractivity contribution is 7.14. The number of nitrogens with zero attached hydrogens (tertiary/aromatic N) is 1. The fraction of sp³-hybridized carbons (Fsp3) is 0.320. The first-order valence-corrected chi connectivity index (χ1v) is 12.0. The summed E-state index contributed by atoms with van der Waals surface area (Å²) >= 11 is 1.34. The summed E-state index contributed by atoms with van der Waals surface area (Å²) in [7, 11) is 0. The van der Waals surface area contributed by atoms with Gasteiger partial charge in [-0.2, -0.15) is 0 Å². The second-order valence-electron chi connectivity index (χ2n) is 8.13. The van der Waals surface area contributed by atoms with Crippen molar-refractivity contribution in [2.45, 2.75) is 38.3 Å². The molecule has 1 aliphatic rings. The molecule has 0 radical (unpaired) electrons. The zero-order valence-corrected chi connectivity index (χ0v) is 19.4. The molecule has 0 bridgehead atoms. The lowest BCUT2D eigenvalue weighted by atomic mass is 10.0. The molecule has 1 aromatic heterocycles. The van der Waals surface area contributed by atoms with Crippen LogP contribution < -0.4 is 16.0 Å². The SMILES string of the molecule is Cc1cccc(Nc2nc(C(=O)NC(Cc3ccccc3)C(=O)NCC3CCCO3)cs2)c1. The van der Waals surface area contributed by atoms with Crippen molar-refractivity contribution in [2.75, 3.05) is 18.5 Å². The molecule has 0 spiro atoms. The molecule has 3 aromatic rings. The van der Waals surface area contributed by atoms with Gasteiger partial charge in [0.2, 0.25) is 5.91 Å². The Bertz CT molecular complexity index is 1080. The Morgan fingerprint density at radius 2 is 2.03 bits per heavy atom. The second kappa shape index (κ2) is 11.1. The number of nitrogens with one attached hydrogen (secondary N) is 3. The number of aryl methyl sites for hydroxylation is 1. The second-order valence-corrected chi connectivity index (χ2v) is 8.99. The number of anilines is 2. The minimum atomic E-state index is -0.712. The number of thiazole rings is 1. The Hall–Kier alpha value is -3.23. The van der Waals surface area contributed by atoms with Crippen molar-refractivity contribution in [1.82, 2.24) is 15.6 Å². The molecule has 3 N–H and O–H groups in total. The summed E-state index contributed by atoms with van der Waals surface area (Å²) in [4.78, 5) is 30.3. The van der Waals surface area contributed by atoms with E-state index in [1.54, 1.807) is 5.38 Å². The molecular weight excluding hydrogens is 436 g/mol. The number of ether oxygens (including phenoxy) is 1. The van der Waals surface area contributed by atoms with Gasteiger partial charge in [-0.15, -0.1) is 11.3 Å². The Morgan fingerprint density at radius 3 is 2.79 bits per heavy atom. The molecule has 1 saturated heterocycles. The molecule has 0 saturated carbocycles. The highest BCUT2D eigenvalue weighted by Crippen LogP contribution is 2.21. The van der Waals surface area contributed by atoms with Gasteiger partial charge in [0.05, 0.1) is 6.10 Å². The zero-order chi connectivity index (χ0) is 23.0. The van der Waals surface area contributed by atoms with Gasteiger partial charge in [0.25, 0.3) is 5.91 Å². The highest BCUT2D eigenvalue weighted by Gasteiger charge is 2.25. The summed E-state index contributed by atoms with van der Waals surface area (Å²) in [6.07, 6.45) is 2.37. The average Bonchev–Trinajstić information content (AvgIpc) is 3.50. The van der Waals surface area contributed by atoms with E-state index in [4.69, 9.17) is 4.74 Å². The molecule has 1 fully saturated rings. The van der Waals surface area contributed by atoms with Gasteiger partial charge >= 0.3 is 0 Å². The van der Waals surface area contributed by atoms with Crippen molar-refractivity contribution in [3.05, 3.63) is 76.8 Å². The fourth-order valence-electron chi connectivity index (χ4n) is 3.72. The number of carbonyl (C=O) groups excluding carboxylic acids is 2. The third-order valence-corrected chi connectivity index (χ3v) is 6.20. The Kier molecular flexibility index (Phi) is 7.70. The van der Waals surface area contributed by atoms with Crippen molar-refractivity contribution in [2.24, 2.45) is 0 Å². The maximum atomic E-state index is 12.9. The van der Waals surface area contributed by atoms with Crippen LogP contribution in [0.4, 0.5) is 10.8 Å². The molecular formula is C25H28N4O3S. The highest BCUT2D eigenvalue weighted by atomic mass is 32.1. The van der Waals surface area contributed by atoms with E-state index in [0.29, 0.717) is 18.1 Å². The first kappa shape index (κ1) is 22.9. The maximum absolute atomic E-state index is 12.9. The zero-order valence-electron chi connectivity index (χ0n) is 18.5. The van der Waals surface area contributed by atoms with Gasteiger partial charge in [-0.25, -0.2) is 4.98 Å². The quantitative estimate of drug-likeness (QED) is 0.448. The van der Waals surface area contributed by atoms with Crippen LogP contribution in [0.25, 0.3) is 0 Å². The third kappa shape index (κ3) is 6.63. The van der Waals surface area contributed by atoms with Crippen molar-refractivity contribution >= 4 is 34.0 Å². The van der Waals surface area contributed by atoms with Crippen LogP contribution in [-0.2, 0) is 16.0 Å². The van der Waals surface area contributed by atoms with E-state index in [9.17, 15) is 9.59 Å². The molecule has 33 heavy (non-hydrogen) atoms. The van der Waals surface area contributed by atoms with Crippen molar-refractivity contribution in [3.8, 4) is 0 Å². The molecule has 2 amide bonds. The van der Waals surface area contributed by atoms with Gasteiger partial charge in [-0.05, 0) is 43.0 Å². The molecule has 1 aliphatic heterocycles. The topological polar surface area (TPSA) is 92.4 Å². The van der Waals surface area contributed by atoms with Crippen molar-refractivity contribution < 1.29 is 14.3 Å². The predicted octanol–water partition coefficient (Wildman–Crippen LogP) is 3.83. The number of amides is 2. The predicted molar refractivity (Wildman–Crippen MR) is 130 cm³/mol. The van der Waals surface area contributed by atoms with Crippen LogP contribution in [0.1, 0.15) is 34.5 Å². The van der Waals surface area contributed by atoms with Gasteiger partial charge in [-0.1, -0.05) is 42.5 Å². The number of hydrogen-bond donors (Lipinski definition) is 3. The van der Waals surface area contributed by atoms with Crippen LogP contribution in [0, 0.1) is 6.92 Å². The minimum absolute atomic E-state index is 0.0378. The van der Waals surface area contributed by atoms with Gasteiger partial charge in [0, 0.05) is 30.6 Å². The lowest BCUT2D eigenvalue weighted by Gasteiger charge is -2.19. The molecule has 0 aliphatic carbocycles. The molecule has 4 rings (SSSR count). The maximum Gasteiger partial charge on any atom is 0.271 e. The molecule has 2 unspecified atom stereocenters. The van der Waals surface area contributed by atoms with E-state index in [-0.39, 0.29) is 23.6 Å². The van der Waals surface area contributed by atoms with E-state index >= 15 is 0 Å². The van der Waals surface area contributed by atoms with E-state index in [1.165, 1.54) is 11.3 Å². The van der Waals surface area contributed by atoms with Crippen LogP contribution in [0.2, 0.25) is 0 Å². The summed E-state index contributed by atoms with van der Waals surface area (Å²) in [6, 6.07) is 16.9. The van der Waals surface area contributed by atoms with Crippen LogP contribution in [0.15, 0.2) is 60.0 Å². The Labute approximate surface area is 197 Å². The largest absolute Gasteiger partial charge is 0.376 e. The van der Waals surface area contributed by atoms with E-state index in [2.05, 4.69) is 20.9 Å². The summed E-state index contributed by atoms with van der Waals surface area (Å²) < 4.78 is 5.59. The van der Waals surface area contributed by atoms with E-state index in [0.717, 1.165) is 36.3 Å². The van der Waals surface area contributed by atoms with Gasteiger partial charge in [-0.3, -0.25) is 9.59 Å². The summed E-state index contributed by atoms with van der Waals surface area (Å²) in [5, 5.41) is 11.3. The lowest BCUT2D eigenvalue weighted by Crippen LogP contribution is -2.49. The smallest absolute Gasteiger partial charge is 0.271 e. The Balaban J connectivity index is 1.41. The molecule has 172 valence electrons. The summed E-state index contributed by atoms with van der Waals surface area (Å²) in [5.41, 5.74) is 3.29. The first-order valence-electron chi connectivity index (χ1n) is 11.1. The van der Waals surface area contributed by atoms with E-state index in [1.807, 2.05) is 61.5 Å². The van der Waals surface area contributed by atoms with Gasteiger partial charge in [0.1, 0.15) is 11.7 Å². The molecule has 2 aromatic carbocycles. The van der Waals surface area contributed by atoms with Crippen molar-refractivity contribution in [3.63, 3.8) is 0 Å². The normalized spacial score (nSPS) is 16.2. The van der Waals surface area contributed by atoms with E-state index < -0.39 is 6.04 Å². The number of hydrogen-bond acceptors (Lipinski definition) is 6. The molecule has 7 nitrogen and oxygen atoms in total. The molecule has 2 atom stereocenters. The summed E-state index contributed by atoms with van der Waals surface area (Å²) in [6.45, 7) is 3.19. The van der Waals surface area contributed by atoms with Crippen molar-refractivity contribution in [1.29, 1.82) is 0 Å². The third-order valence-electron chi connectivity index (χ3n) is 5.44. The summed E-state index contributed by atoms with van der Waals surface area (Å²) in [5.74, 6) is -0.604. The van der Waals surface area contributed by atoms with Crippen LogP contribution in [0.5, 0.6) is 0 Å². The molecule has 8 heteroatoms. The van der Waals surface area contributed by atoms with Crippen LogP contribution >= 0.6 is 11.3 Å².